The van der Waals surface area contributed by atoms with E-state index in [9.17, 15) is 0 Å². The molecule has 282 valence electrons. The molecule has 1 fully saturated rings. The molecule has 0 amide bonds. The lowest BCUT2D eigenvalue weighted by Gasteiger charge is -2.31. The standard InChI is InChI=1S/C57H49N/c1-57(2)53-38-45(41-20-9-4-10-21-41)32-36-50(53)51-37-35-47(39-54(51)57)58(46-33-30-42(31-34-46)40-18-7-3-8-19-40)55-29-17-28-49(44-24-13-6-14-25-44)56(55)52-27-16-15-26-48(52)43-22-11-5-12-23-43/h3,5-8,11-19,22-39,41H,4,9-10,20-21H2,1-2H3. The van der Waals surface area contributed by atoms with E-state index in [2.05, 4.69) is 213 Å². The van der Waals surface area contributed by atoms with E-state index in [4.69, 9.17) is 0 Å². The predicted octanol–water partition coefficient (Wildman–Crippen LogP) is 16.2. The lowest BCUT2D eigenvalue weighted by atomic mass is 9.79. The Kier molecular flexibility index (Phi) is 9.38. The van der Waals surface area contributed by atoms with Crippen LogP contribution in [0.25, 0.3) is 55.6 Å². The first kappa shape index (κ1) is 35.9. The van der Waals surface area contributed by atoms with Crippen LogP contribution in [0.1, 0.15) is 68.6 Å². The second-order valence-corrected chi connectivity index (χ2v) is 16.7. The van der Waals surface area contributed by atoms with Gasteiger partial charge in [0.15, 0.2) is 0 Å². The average molecular weight is 748 g/mol. The Labute approximate surface area is 344 Å². The summed E-state index contributed by atoms with van der Waals surface area (Å²) in [6.07, 6.45) is 6.69. The van der Waals surface area contributed by atoms with Gasteiger partial charge in [0.1, 0.15) is 0 Å². The molecule has 0 saturated heterocycles. The van der Waals surface area contributed by atoms with Crippen LogP contribution < -0.4 is 4.90 Å². The van der Waals surface area contributed by atoms with Gasteiger partial charge in [-0.3, -0.25) is 0 Å². The van der Waals surface area contributed by atoms with Crippen molar-refractivity contribution in [2.75, 3.05) is 4.90 Å². The van der Waals surface area contributed by atoms with Gasteiger partial charge in [-0.05, 0) is 116 Å². The summed E-state index contributed by atoms with van der Waals surface area (Å²) in [4.78, 5) is 2.51. The second kappa shape index (κ2) is 15.1. The van der Waals surface area contributed by atoms with Gasteiger partial charge in [0.05, 0.1) is 5.69 Å². The first-order valence-electron chi connectivity index (χ1n) is 21.1. The first-order chi connectivity index (χ1) is 28.5. The van der Waals surface area contributed by atoms with Crippen LogP contribution in [0.2, 0.25) is 0 Å². The van der Waals surface area contributed by atoms with Crippen LogP contribution in [-0.2, 0) is 5.41 Å². The van der Waals surface area contributed by atoms with Gasteiger partial charge in [-0.1, -0.05) is 197 Å². The van der Waals surface area contributed by atoms with Gasteiger partial charge in [-0.25, -0.2) is 0 Å². The smallest absolute Gasteiger partial charge is 0.0546 e. The second-order valence-electron chi connectivity index (χ2n) is 16.7. The molecule has 0 unspecified atom stereocenters. The summed E-state index contributed by atoms with van der Waals surface area (Å²) in [5.41, 5.74) is 20.1. The SMILES string of the molecule is CC1(C)c2cc(C3CCCCC3)ccc2-c2ccc(N(c3ccc(-c4ccccc4)cc3)c3cccc(-c4ccccc4)c3-c3ccccc3-c3ccccc3)cc21. The molecule has 8 aromatic rings. The topological polar surface area (TPSA) is 3.24 Å². The first-order valence-corrected chi connectivity index (χ1v) is 21.1. The summed E-state index contributed by atoms with van der Waals surface area (Å²) in [7, 11) is 0. The Bertz CT molecular complexity index is 2700. The predicted molar refractivity (Wildman–Crippen MR) is 246 cm³/mol. The van der Waals surface area contributed by atoms with Crippen LogP contribution in [0.15, 0.2) is 194 Å². The summed E-state index contributed by atoms with van der Waals surface area (Å²) >= 11 is 0. The molecular formula is C57H49N. The van der Waals surface area contributed by atoms with E-state index >= 15 is 0 Å². The van der Waals surface area contributed by atoms with Crippen LogP contribution in [0.3, 0.4) is 0 Å². The molecule has 0 radical (unpaired) electrons. The van der Waals surface area contributed by atoms with Crippen LogP contribution in [0.4, 0.5) is 17.1 Å². The minimum Gasteiger partial charge on any atom is -0.310 e. The van der Waals surface area contributed by atoms with Crippen molar-refractivity contribution < 1.29 is 0 Å². The zero-order chi connectivity index (χ0) is 39.1. The highest BCUT2D eigenvalue weighted by atomic mass is 15.1. The Balaban J connectivity index is 1.19. The molecule has 1 saturated carbocycles. The molecule has 1 nitrogen and oxygen atoms in total. The molecule has 0 aliphatic heterocycles. The number of benzene rings is 8. The van der Waals surface area contributed by atoms with Crippen LogP contribution in [0, 0.1) is 0 Å². The van der Waals surface area contributed by atoms with E-state index in [0.29, 0.717) is 5.92 Å². The summed E-state index contributed by atoms with van der Waals surface area (Å²) in [5, 5.41) is 0. The molecule has 0 aromatic heterocycles. The van der Waals surface area contributed by atoms with Crippen molar-refractivity contribution in [1.29, 1.82) is 0 Å². The van der Waals surface area contributed by atoms with E-state index in [-0.39, 0.29) is 5.41 Å². The van der Waals surface area contributed by atoms with E-state index in [1.54, 1.807) is 0 Å². The highest BCUT2D eigenvalue weighted by molar-refractivity contribution is 6.01. The Morgan fingerprint density at radius 3 is 1.59 bits per heavy atom. The van der Waals surface area contributed by atoms with Crippen molar-refractivity contribution in [3.8, 4) is 55.6 Å². The fourth-order valence-corrected chi connectivity index (χ4v) is 9.87. The molecule has 58 heavy (non-hydrogen) atoms. The average Bonchev–Trinajstić information content (AvgIpc) is 3.52. The fourth-order valence-electron chi connectivity index (χ4n) is 9.87. The fraction of sp³-hybridized carbons (Fsp3) is 0.158. The third-order valence-corrected chi connectivity index (χ3v) is 12.9. The van der Waals surface area contributed by atoms with E-state index in [1.165, 1.54) is 104 Å². The van der Waals surface area contributed by atoms with Gasteiger partial charge >= 0.3 is 0 Å². The van der Waals surface area contributed by atoms with Crippen LogP contribution >= 0.6 is 0 Å². The molecular weight excluding hydrogens is 699 g/mol. The zero-order valence-electron chi connectivity index (χ0n) is 33.5. The molecule has 2 aliphatic carbocycles. The molecule has 8 aromatic carbocycles. The number of rotatable bonds is 8. The van der Waals surface area contributed by atoms with Crippen LogP contribution in [0.5, 0.6) is 0 Å². The van der Waals surface area contributed by atoms with Crippen molar-refractivity contribution in [3.63, 3.8) is 0 Å². The maximum atomic E-state index is 2.56. The zero-order valence-corrected chi connectivity index (χ0v) is 33.5. The summed E-state index contributed by atoms with van der Waals surface area (Å²) in [6.45, 7) is 4.87. The molecule has 0 spiro atoms. The van der Waals surface area contributed by atoms with Crippen molar-refractivity contribution in [2.24, 2.45) is 0 Å². The largest absolute Gasteiger partial charge is 0.310 e. The molecule has 2 aliphatic rings. The van der Waals surface area contributed by atoms with Crippen molar-refractivity contribution in [3.05, 3.63) is 211 Å². The van der Waals surface area contributed by atoms with E-state index < -0.39 is 0 Å². The van der Waals surface area contributed by atoms with E-state index in [1.807, 2.05) is 0 Å². The Morgan fingerprint density at radius 2 is 0.914 bits per heavy atom. The van der Waals surface area contributed by atoms with E-state index in [0.717, 1.165) is 17.1 Å². The minimum absolute atomic E-state index is 0.136. The third kappa shape index (κ3) is 6.45. The van der Waals surface area contributed by atoms with Crippen LogP contribution in [-0.4, -0.2) is 0 Å². The lowest BCUT2D eigenvalue weighted by Crippen LogP contribution is -2.17. The maximum absolute atomic E-state index is 2.56. The third-order valence-electron chi connectivity index (χ3n) is 12.9. The number of hydrogen-bond acceptors (Lipinski definition) is 1. The Hall–Kier alpha value is -6.44. The molecule has 0 heterocycles. The van der Waals surface area contributed by atoms with Gasteiger partial charge in [0, 0.05) is 22.4 Å². The van der Waals surface area contributed by atoms with Gasteiger partial charge in [-0.2, -0.15) is 0 Å². The lowest BCUT2D eigenvalue weighted by molar-refractivity contribution is 0.443. The number of hydrogen-bond donors (Lipinski definition) is 0. The Morgan fingerprint density at radius 1 is 0.397 bits per heavy atom. The minimum atomic E-state index is -0.136. The number of nitrogens with zero attached hydrogens (tertiary/aromatic N) is 1. The molecule has 0 atom stereocenters. The van der Waals surface area contributed by atoms with Crippen molar-refractivity contribution >= 4 is 17.1 Å². The highest BCUT2D eigenvalue weighted by Crippen LogP contribution is 2.53. The summed E-state index contributed by atoms with van der Waals surface area (Å²) in [6, 6.07) is 72.0. The molecule has 0 bridgehead atoms. The maximum Gasteiger partial charge on any atom is 0.0546 e. The van der Waals surface area contributed by atoms with Gasteiger partial charge in [0.25, 0.3) is 0 Å². The highest BCUT2D eigenvalue weighted by Gasteiger charge is 2.37. The van der Waals surface area contributed by atoms with Crippen molar-refractivity contribution in [2.45, 2.75) is 57.3 Å². The number of anilines is 3. The van der Waals surface area contributed by atoms with Gasteiger partial charge < -0.3 is 4.90 Å². The normalized spacial score (nSPS) is 14.4. The van der Waals surface area contributed by atoms with Crippen molar-refractivity contribution in [1.82, 2.24) is 0 Å². The molecule has 1 heteroatoms. The molecule has 10 rings (SSSR count). The monoisotopic (exact) mass is 747 g/mol. The quantitative estimate of drug-likeness (QED) is 0.150. The molecule has 0 N–H and O–H groups in total. The van der Waals surface area contributed by atoms with Gasteiger partial charge in [-0.15, -0.1) is 0 Å². The summed E-state index contributed by atoms with van der Waals surface area (Å²) in [5.74, 6) is 0.678. The van der Waals surface area contributed by atoms with Gasteiger partial charge in [0.2, 0.25) is 0 Å². The number of fused-ring (bicyclic) bond motifs is 3. The summed E-state index contributed by atoms with van der Waals surface area (Å²) < 4.78 is 0.